The molecule has 0 atom stereocenters. The Morgan fingerprint density at radius 2 is 2.12 bits per heavy atom. The Balaban J connectivity index is 3.15. The molecule has 0 radical (unpaired) electrons. The lowest BCUT2D eigenvalue weighted by Crippen LogP contribution is -2.18. The molecule has 1 rings (SSSR count). The number of aryl methyl sites for hydroxylation is 1. The molecule has 17 heavy (non-hydrogen) atoms. The summed E-state index contributed by atoms with van der Waals surface area (Å²) in [6, 6.07) is 2.90. The summed E-state index contributed by atoms with van der Waals surface area (Å²) in [4.78, 5) is 3.59. The number of alkyl halides is 3. The van der Waals surface area contributed by atoms with Gasteiger partial charge in [-0.2, -0.15) is 5.26 Å². The Bertz CT molecular complexity index is 452. The number of nitrogens with zero attached hydrogens (tertiary/aromatic N) is 2. The van der Waals surface area contributed by atoms with Crippen molar-refractivity contribution in [2.45, 2.75) is 19.7 Å². The van der Waals surface area contributed by atoms with E-state index in [1.54, 1.807) is 13.0 Å². The maximum atomic E-state index is 12.0. The van der Waals surface area contributed by atoms with Crippen molar-refractivity contribution >= 4 is 0 Å². The van der Waals surface area contributed by atoms with Crippen molar-refractivity contribution in [3.8, 4) is 17.7 Å². The molecule has 7 heteroatoms. The molecule has 0 aliphatic heterocycles. The summed E-state index contributed by atoms with van der Waals surface area (Å²) in [5.41, 5.74) is 0.543. The van der Waals surface area contributed by atoms with Gasteiger partial charge in [-0.15, -0.1) is 13.2 Å². The van der Waals surface area contributed by atoms with Gasteiger partial charge in [-0.25, -0.2) is 4.98 Å². The summed E-state index contributed by atoms with van der Waals surface area (Å²) in [5, 5.41) is 8.55. The third-order valence-electron chi connectivity index (χ3n) is 1.88. The number of ether oxygens (including phenoxy) is 2. The molecule has 0 bridgehead atoms. The fourth-order valence-electron chi connectivity index (χ4n) is 1.34. The largest absolute Gasteiger partial charge is 0.574 e. The topological polar surface area (TPSA) is 55.1 Å². The van der Waals surface area contributed by atoms with Gasteiger partial charge in [0.25, 0.3) is 0 Å². The third kappa shape index (κ3) is 3.52. The van der Waals surface area contributed by atoms with Gasteiger partial charge >= 0.3 is 6.36 Å². The number of hydrogen-bond acceptors (Lipinski definition) is 4. The highest BCUT2D eigenvalue weighted by Crippen LogP contribution is 2.28. The van der Waals surface area contributed by atoms with Gasteiger partial charge in [-0.3, -0.25) is 0 Å². The zero-order valence-corrected chi connectivity index (χ0v) is 9.13. The summed E-state index contributed by atoms with van der Waals surface area (Å²) in [5.74, 6) is -0.304. The highest BCUT2D eigenvalue weighted by Gasteiger charge is 2.32. The molecule has 1 aromatic heterocycles. The van der Waals surface area contributed by atoms with Gasteiger partial charge in [0.2, 0.25) is 5.88 Å². The van der Waals surface area contributed by atoms with E-state index < -0.39 is 12.2 Å². The van der Waals surface area contributed by atoms with Gasteiger partial charge in [0.15, 0.2) is 0 Å². The Hall–Kier alpha value is -1.97. The second-order valence-corrected chi connectivity index (χ2v) is 3.14. The van der Waals surface area contributed by atoms with Crippen molar-refractivity contribution < 1.29 is 22.6 Å². The van der Waals surface area contributed by atoms with E-state index in [4.69, 9.17) is 10.00 Å². The number of hydrogen-bond donors (Lipinski definition) is 0. The normalized spacial score (nSPS) is 10.8. The first-order chi connectivity index (χ1) is 7.87. The summed E-state index contributed by atoms with van der Waals surface area (Å²) in [7, 11) is 1.36. The van der Waals surface area contributed by atoms with Crippen LogP contribution in [-0.2, 0) is 6.42 Å². The first-order valence-electron chi connectivity index (χ1n) is 4.54. The van der Waals surface area contributed by atoms with Crippen LogP contribution in [-0.4, -0.2) is 18.5 Å². The predicted molar refractivity (Wildman–Crippen MR) is 51.5 cm³/mol. The number of nitriles is 1. The minimum atomic E-state index is -4.81. The molecular weight excluding hydrogens is 237 g/mol. The van der Waals surface area contributed by atoms with E-state index >= 15 is 0 Å². The molecule has 0 amide bonds. The van der Waals surface area contributed by atoms with Crippen LogP contribution < -0.4 is 9.47 Å². The van der Waals surface area contributed by atoms with Crippen molar-refractivity contribution in [2.24, 2.45) is 0 Å². The third-order valence-corrected chi connectivity index (χ3v) is 1.88. The van der Waals surface area contributed by atoms with Gasteiger partial charge in [-0.1, -0.05) is 0 Å². The molecule has 4 nitrogen and oxygen atoms in total. The smallest absolute Gasteiger partial charge is 0.495 e. The Labute approximate surface area is 95.6 Å². The molecule has 0 saturated carbocycles. The fraction of sp³-hybridized carbons (Fsp3) is 0.400. The molecular formula is C10H9F3N2O2. The van der Waals surface area contributed by atoms with Gasteiger partial charge in [-0.05, 0) is 12.5 Å². The second kappa shape index (κ2) is 4.91. The van der Waals surface area contributed by atoms with E-state index in [0.717, 1.165) is 6.07 Å². The van der Waals surface area contributed by atoms with Crippen LogP contribution >= 0.6 is 0 Å². The van der Waals surface area contributed by atoms with E-state index in [1.807, 2.05) is 0 Å². The summed E-state index contributed by atoms with van der Waals surface area (Å²) in [6.07, 6.45) is -4.96. The highest BCUT2D eigenvalue weighted by atomic mass is 19.4. The maximum absolute atomic E-state index is 12.0. The molecule has 0 spiro atoms. The van der Waals surface area contributed by atoms with Crippen molar-refractivity contribution in [3.05, 3.63) is 17.3 Å². The van der Waals surface area contributed by atoms with E-state index in [-0.39, 0.29) is 12.1 Å². The molecule has 0 unspecified atom stereocenters. The molecule has 0 saturated heterocycles. The van der Waals surface area contributed by atoms with Crippen LogP contribution in [0.3, 0.4) is 0 Å². The summed E-state index contributed by atoms with van der Waals surface area (Å²) in [6.45, 7) is 1.55. The predicted octanol–water partition coefficient (Wildman–Crippen LogP) is 2.36. The number of halogens is 3. The molecule has 0 aliphatic carbocycles. The van der Waals surface area contributed by atoms with Crippen molar-refractivity contribution in [2.75, 3.05) is 7.11 Å². The number of pyridine rings is 1. The van der Waals surface area contributed by atoms with Crippen LogP contribution in [0.15, 0.2) is 6.07 Å². The molecule has 0 N–H and O–H groups in total. The minimum Gasteiger partial charge on any atom is -0.495 e. The molecule has 0 aliphatic rings. The standard InChI is InChI=1S/C10H9F3N2O2/c1-6-5-8(17-10(11,12)13)15-7(3-4-14)9(6)16-2/h5H,3H2,1-2H3. The Morgan fingerprint density at radius 1 is 1.47 bits per heavy atom. The molecule has 0 aromatic carbocycles. The highest BCUT2D eigenvalue weighted by molar-refractivity contribution is 5.41. The lowest BCUT2D eigenvalue weighted by molar-refractivity contribution is -0.276. The minimum absolute atomic E-state index is 0.120. The SMILES string of the molecule is COc1c(C)cc(OC(F)(F)F)nc1CC#N. The Morgan fingerprint density at radius 3 is 2.59 bits per heavy atom. The molecule has 1 heterocycles. The first kappa shape index (κ1) is 13.1. The van der Waals surface area contributed by atoms with Crippen molar-refractivity contribution in [3.63, 3.8) is 0 Å². The van der Waals surface area contributed by atoms with Crippen molar-refractivity contribution in [1.29, 1.82) is 5.26 Å². The molecule has 1 aromatic rings. The average Bonchev–Trinajstić information content (AvgIpc) is 2.15. The monoisotopic (exact) mass is 246 g/mol. The van der Waals surface area contributed by atoms with Crippen LogP contribution in [0.1, 0.15) is 11.3 Å². The number of methoxy groups -OCH3 is 1. The van der Waals surface area contributed by atoms with Crippen LogP contribution in [0.2, 0.25) is 0 Å². The number of rotatable bonds is 3. The molecule has 0 fully saturated rings. The first-order valence-corrected chi connectivity index (χ1v) is 4.54. The lowest BCUT2D eigenvalue weighted by Gasteiger charge is -2.13. The van der Waals surface area contributed by atoms with E-state index in [2.05, 4.69) is 9.72 Å². The van der Waals surface area contributed by atoms with Crippen LogP contribution in [0.4, 0.5) is 13.2 Å². The van der Waals surface area contributed by atoms with E-state index in [9.17, 15) is 13.2 Å². The van der Waals surface area contributed by atoms with Crippen molar-refractivity contribution in [1.82, 2.24) is 4.98 Å². The summed E-state index contributed by atoms with van der Waals surface area (Å²) < 4.78 is 44.7. The van der Waals surface area contributed by atoms with Gasteiger partial charge < -0.3 is 9.47 Å². The summed E-state index contributed by atoms with van der Waals surface area (Å²) >= 11 is 0. The average molecular weight is 246 g/mol. The molecule has 92 valence electrons. The number of aromatic nitrogens is 1. The second-order valence-electron chi connectivity index (χ2n) is 3.14. The lowest BCUT2D eigenvalue weighted by atomic mass is 10.2. The zero-order chi connectivity index (χ0) is 13.1. The van der Waals surface area contributed by atoms with Crippen LogP contribution in [0.5, 0.6) is 11.6 Å². The van der Waals surface area contributed by atoms with E-state index in [0.29, 0.717) is 11.3 Å². The Kier molecular flexibility index (Phi) is 3.78. The zero-order valence-electron chi connectivity index (χ0n) is 9.13. The van der Waals surface area contributed by atoms with Crippen LogP contribution in [0, 0.1) is 18.3 Å². The van der Waals surface area contributed by atoms with Gasteiger partial charge in [0.1, 0.15) is 11.4 Å². The van der Waals surface area contributed by atoms with E-state index in [1.165, 1.54) is 7.11 Å². The fourth-order valence-corrected chi connectivity index (χ4v) is 1.34. The van der Waals surface area contributed by atoms with Gasteiger partial charge in [0.05, 0.1) is 19.6 Å². The maximum Gasteiger partial charge on any atom is 0.574 e. The van der Waals surface area contributed by atoms with Crippen LogP contribution in [0.25, 0.3) is 0 Å². The quantitative estimate of drug-likeness (QED) is 0.821. The van der Waals surface area contributed by atoms with Gasteiger partial charge in [0, 0.05) is 6.07 Å².